The number of amides is 2. The molecule has 1 aliphatic heterocycles. The van der Waals surface area contributed by atoms with Crippen LogP contribution in [0.25, 0.3) is 0 Å². The first kappa shape index (κ1) is 12.8. The van der Waals surface area contributed by atoms with Gasteiger partial charge in [-0.25, -0.2) is 9.78 Å². The number of nitrogens with zero attached hydrogens (tertiary/aromatic N) is 4. The summed E-state index contributed by atoms with van der Waals surface area (Å²) in [5.74, 6) is 0. The third-order valence-corrected chi connectivity index (χ3v) is 2.84. The monoisotopic (exact) mass is 253 g/mol. The minimum Gasteiger partial charge on any atom is -0.375 e. The molecular weight excluding hydrogens is 234 g/mol. The van der Waals surface area contributed by atoms with Gasteiger partial charge >= 0.3 is 6.03 Å². The molecule has 2 amide bonds. The van der Waals surface area contributed by atoms with Crippen LogP contribution >= 0.6 is 0 Å². The quantitative estimate of drug-likeness (QED) is 0.772. The van der Waals surface area contributed by atoms with E-state index in [4.69, 9.17) is 4.74 Å². The number of carbonyl (C=O) groups is 1. The van der Waals surface area contributed by atoms with E-state index in [1.807, 2.05) is 6.92 Å². The van der Waals surface area contributed by atoms with Crippen molar-refractivity contribution >= 4 is 6.03 Å². The number of morpholine rings is 1. The van der Waals surface area contributed by atoms with Crippen molar-refractivity contribution < 1.29 is 9.53 Å². The van der Waals surface area contributed by atoms with Gasteiger partial charge in [-0.3, -0.25) is 4.68 Å². The van der Waals surface area contributed by atoms with Crippen LogP contribution in [0, 0.1) is 0 Å². The smallest absolute Gasteiger partial charge is 0.317 e. The van der Waals surface area contributed by atoms with E-state index >= 15 is 0 Å². The summed E-state index contributed by atoms with van der Waals surface area (Å²) in [5.41, 5.74) is 0. The molecule has 7 heteroatoms. The first-order chi connectivity index (χ1) is 8.75. The molecule has 1 aromatic rings. The van der Waals surface area contributed by atoms with Gasteiger partial charge in [0, 0.05) is 26.2 Å². The third kappa shape index (κ3) is 3.69. The maximum Gasteiger partial charge on any atom is 0.317 e. The number of hydrogen-bond donors (Lipinski definition) is 1. The third-order valence-electron chi connectivity index (χ3n) is 2.84. The summed E-state index contributed by atoms with van der Waals surface area (Å²) in [6.45, 7) is 5.33. The molecule has 100 valence electrons. The van der Waals surface area contributed by atoms with E-state index < -0.39 is 0 Å². The van der Waals surface area contributed by atoms with Crippen molar-refractivity contribution in [3.63, 3.8) is 0 Å². The predicted molar refractivity (Wildman–Crippen MR) is 65.0 cm³/mol. The van der Waals surface area contributed by atoms with Gasteiger partial charge in [-0.2, -0.15) is 5.10 Å². The summed E-state index contributed by atoms with van der Waals surface area (Å²) in [6, 6.07) is -0.0104. The minimum atomic E-state index is -0.0104. The first-order valence-corrected chi connectivity index (χ1v) is 6.22. The van der Waals surface area contributed by atoms with E-state index in [0.29, 0.717) is 26.2 Å². The summed E-state index contributed by atoms with van der Waals surface area (Å²) in [6.07, 6.45) is 4.15. The lowest BCUT2D eigenvalue weighted by Gasteiger charge is -2.31. The number of urea groups is 1. The second kappa shape index (κ2) is 6.34. The summed E-state index contributed by atoms with van der Waals surface area (Å²) in [5, 5.41) is 6.90. The van der Waals surface area contributed by atoms with Crippen LogP contribution in [0.1, 0.15) is 13.3 Å². The molecule has 1 N–H and O–H groups in total. The molecule has 0 radical (unpaired) electrons. The summed E-state index contributed by atoms with van der Waals surface area (Å²) >= 11 is 0. The molecule has 2 heterocycles. The van der Waals surface area contributed by atoms with E-state index in [9.17, 15) is 4.79 Å². The molecule has 7 nitrogen and oxygen atoms in total. The van der Waals surface area contributed by atoms with Gasteiger partial charge in [0.1, 0.15) is 12.7 Å². The Kier molecular flexibility index (Phi) is 4.52. The maximum absolute atomic E-state index is 11.8. The van der Waals surface area contributed by atoms with Crippen LogP contribution in [0.15, 0.2) is 12.7 Å². The summed E-state index contributed by atoms with van der Waals surface area (Å²) in [7, 11) is 0. The Hall–Kier alpha value is -1.63. The standard InChI is InChI=1S/C11H19N5O2/c1-10-7-15(5-6-18-10)11(17)13-3-2-4-16-9-12-8-14-16/h8-10H,2-7H2,1H3,(H,13,17)/t10-/m1/s1. The zero-order valence-corrected chi connectivity index (χ0v) is 10.6. The van der Waals surface area contributed by atoms with Crippen molar-refractivity contribution in [1.82, 2.24) is 25.0 Å². The fraction of sp³-hybridized carbons (Fsp3) is 0.727. The number of ether oxygens (including phenoxy) is 1. The Labute approximate surface area is 106 Å². The van der Waals surface area contributed by atoms with Crippen LogP contribution in [0.3, 0.4) is 0 Å². The predicted octanol–water partition coefficient (Wildman–Crippen LogP) is 0.0985. The average molecular weight is 253 g/mol. The van der Waals surface area contributed by atoms with Gasteiger partial charge in [0.2, 0.25) is 0 Å². The molecule has 0 spiro atoms. The van der Waals surface area contributed by atoms with Crippen molar-refractivity contribution in [1.29, 1.82) is 0 Å². The molecule has 0 aliphatic carbocycles. The molecule has 2 rings (SSSR count). The number of carbonyl (C=O) groups excluding carboxylic acids is 1. The molecule has 0 unspecified atom stereocenters. The van der Waals surface area contributed by atoms with Gasteiger partial charge in [-0.15, -0.1) is 0 Å². The van der Waals surface area contributed by atoms with Crippen molar-refractivity contribution in [3.05, 3.63) is 12.7 Å². The molecule has 0 saturated carbocycles. The Morgan fingerprint density at radius 2 is 2.50 bits per heavy atom. The number of aryl methyl sites for hydroxylation is 1. The molecule has 1 aliphatic rings. The van der Waals surface area contributed by atoms with E-state index in [0.717, 1.165) is 13.0 Å². The lowest BCUT2D eigenvalue weighted by atomic mass is 10.3. The zero-order chi connectivity index (χ0) is 12.8. The molecule has 1 saturated heterocycles. The normalized spacial score (nSPS) is 19.8. The Bertz CT molecular complexity index is 368. The highest BCUT2D eigenvalue weighted by Crippen LogP contribution is 2.04. The van der Waals surface area contributed by atoms with Crippen LogP contribution in [-0.4, -0.2) is 58.0 Å². The van der Waals surface area contributed by atoms with Gasteiger partial charge in [0.05, 0.1) is 12.7 Å². The second-order valence-corrected chi connectivity index (χ2v) is 4.37. The SMILES string of the molecule is C[C@@H]1CN(C(=O)NCCCn2cncn2)CCO1. The average Bonchev–Trinajstić information content (AvgIpc) is 2.87. The first-order valence-electron chi connectivity index (χ1n) is 6.22. The highest BCUT2D eigenvalue weighted by Gasteiger charge is 2.20. The highest BCUT2D eigenvalue weighted by molar-refractivity contribution is 5.74. The van der Waals surface area contributed by atoms with E-state index in [-0.39, 0.29) is 12.1 Å². The van der Waals surface area contributed by atoms with Crippen LogP contribution in [0.5, 0.6) is 0 Å². The summed E-state index contributed by atoms with van der Waals surface area (Å²) in [4.78, 5) is 17.5. The van der Waals surface area contributed by atoms with Crippen LogP contribution in [0.4, 0.5) is 4.79 Å². The Balaban J connectivity index is 1.62. The number of rotatable bonds is 4. The molecule has 0 bridgehead atoms. The van der Waals surface area contributed by atoms with Gasteiger partial charge in [-0.05, 0) is 13.3 Å². The van der Waals surface area contributed by atoms with Gasteiger partial charge in [0.25, 0.3) is 0 Å². The maximum atomic E-state index is 11.8. The zero-order valence-electron chi connectivity index (χ0n) is 10.6. The highest BCUT2D eigenvalue weighted by atomic mass is 16.5. The summed E-state index contributed by atoms with van der Waals surface area (Å²) < 4.78 is 7.15. The van der Waals surface area contributed by atoms with Gasteiger partial charge < -0.3 is 15.0 Å². The van der Waals surface area contributed by atoms with Crippen molar-refractivity contribution in [2.24, 2.45) is 0 Å². The van der Waals surface area contributed by atoms with E-state index in [1.54, 1.807) is 15.9 Å². The number of nitrogens with one attached hydrogen (secondary N) is 1. The number of aromatic nitrogens is 3. The van der Waals surface area contributed by atoms with Gasteiger partial charge in [-0.1, -0.05) is 0 Å². The molecular formula is C11H19N5O2. The Morgan fingerprint density at radius 1 is 1.61 bits per heavy atom. The van der Waals surface area contributed by atoms with Crippen molar-refractivity contribution in [2.45, 2.75) is 26.0 Å². The molecule has 1 atom stereocenters. The van der Waals surface area contributed by atoms with Crippen molar-refractivity contribution in [3.8, 4) is 0 Å². The van der Waals surface area contributed by atoms with Crippen LogP contribution < -0.4 is 5.32 Å². The van der Waals surface area contributed by atoms with Crippen LogP contribution in [-0.2, 0) is 11.3 Å². The fourth-order valence-electron chi connectivity index (χ4n) is 1.90. The lowest BCUT2D eigenvalue weighted by Crippen LogP contribution is -2.49. The van der Waals surface area contributed by atoms with E-state index in [2.05, 4.69) is 15.4 Å². The molecule has 18 heavy (non-hydrogen) atoms. The molecule has 0 aromatic carbocycles. The number of hydrogen-bond acceptors (Lipinski definition) is 4. The molecule has 1 fully saturated rings. The van der Waals surface area contributed by atoms with Crippen LogP contribution in [0.2, 0.25) is 0 Å². The van der Waals surface area contributed by atoms with Gasteiger partial charge in [0.15, 0.2) is 0 Å². The fourth-order valence-corrected chi connectivity index (χ4v) is 1.90. The minimum absolute atomic E-state index is 0.0104. The van der Waals surface area contributed by atoms with E-state index in [1.165, 1.54) is 6.33 Å². The topological polar surface area (TPSA) is 72.3 Å². The Morgan fingerprint density at radius 3 is 3.22 bits per heavy atom. The largest absolute Gasteiger partial charge is 0.375 e. The van der Waals surface area contributed by atoms with Crippen molar-refractivity contribution in [2.75, 3.05) is 26.2 Å². The molecule has 1 aromatic heterocycles. The lowest BCUT2D eigenvalue weighted by molar-refractivity contribution is -0.00345. The second-order valence-electron chi connectivity index (χ2n) is 4.37.